The molecule has 0 saturated carbocycles. The van der Waals surface area contributed by atoms with Crippen LogP contribution in [0.15, 0.2) is 54.6 Å². The molecular formula is C21H24N2. The van der Waals surface area contributed by atoms with E-state index in [1.54, 1.807) is 0 Å². The summed E-state index contributed by atoms with van der Waals surface area (Å²) < 4.78 is 0. The standard InChI is InChI=1S/C21H24N2/c1-5-14-21(3,6-2)17-12-9-11-16-15-10-7-8-13-18(15)23-20(22-4)19(16)17/h5,7-14H,6H2,1-4H3,(H,22,23)/b14-5-. The molecule has 0 radical (unpaired) electrons. The maximum absolute atomic E-state index is 4.86. The van der Waals surface area contributed by atoms with Crippen molar-refractivity contribution in [1.82, 2.24) is 4.98 Å². The second-order valence-electron chi connectivity index (χ2n) is 6.23. The number of para-hydroxylation sites is 1. The molecule has 2 aromatic carbocycles. The fourth-order valence-electron chi connectivity index (χ4n) is 3.43. The summed E-state index contributed by atoms with van der Waals surface area (Å²) in [6, 6.07) is 15.0. The van der Waals surface area contributed by atoms with Crippen molar-refractivity contribution in [3.05, 3.63) is 60.2 Å². The number of rotatable bonds is 4. The first kappa shape index (κ1) is 15.5. The van der Waals surface area contributed by atoms with Crippen LogP contribution in [0.1, 0.15) is 32.8 Å². The van der Waals surface area contributed by atoms with Crippen molar-refractivity contribution < 1.29 is 0 Å². The number of aromatic nitrogens is 1. The van der Waals surface area contributed by atoms with Gasteiger partial charge in [0.05, 0.1) is 5.52 Å². The lowest BCUT2D eigenvalue weighted by molar-refractivity contribution is 0.577. The van der Waals surface area contributed by atoms with Crippen molar-refractivity contribution >= 4 is 27.5 Å². The van der Waals surface area contributed by atoms with Gasteiger partial charge in [0.15, 0.2) is 0 Å². The third kappa shape index (κ3) is 2.48. The third-order valence-corrected chi connectivity index (χ3v) is 4.85. The summed E-state index contributed by atoms with van der Waals surface area (Å²) in [6.07, 6.45) is 5.50. The van der Waals surface area contributed by atoms with Crippen molar-refractivity contribution in [3.8, 4) is 0 Å². The van der Waals surface area contributed by atoms with Gasteiger partial charge in [0.2, 0.25) is 0 Å². The van der Waals surface area contributed by atoms with Crippen molar-refractivity contribution in [3.63, 3.8) is 0 Å². The first-order valence-corrected chi connectivity index (χ1v) is 8.28. The van der Waals surface area contributed by atoms with E-state index in [1.165, 1.54) is 21.7 Å². The quantitative estimate of drug-likeness (QED) is 0.496. The van der Waals surface area contributed by atoms with Gasteiger partial charge >= 0.3 is 0 Å². The largest absolute Gasteiger partial charge is 0.373 e. The van der Waals surface area contributed by atoms with Crippen LogP contribution in [0.5, 0.6) is 0 Å². The van der Waals surface area contributed by atoms with Crippen molar-refractivity contribution in [2.24, 2.45) is 0 Å². The molecule has 1 heterocycles. The zero-order valence-electron chi connectivity index (χ0n) is 14.4. The molecule has 0 bridgehead atoms. The van der Waals surface area contributed by atoms with Crippen molar-refractivity contribution in [2.45, 2.75) is 32.6 Å². The maximum atomic E-state index is 4.86. The zero-order chi connectivity index (χ0) is 16.4. The van der Waals surface area contributed by atoms with Crippen LogP contribution >= 0.6 is 0 Å². The highest BCUT2D eigenvalue weighted by atomic mass is 15.0. The summed E-state index contributed by atoms with van der Waals surface area (Å²) in [7, 11) is 1.95. The third-order valence-electron chi connectivity index (χ3n) is 4.85. The number of hydrogen-bond donors (Lipinski definition) is 1. The Morgan fingerprint density at radius 1 is 1.09 bits per heavy atom. The number of allylic oxidation sites excluding steroid dienone is 2. The Hall–Kier alpha value is -2.35. The van der Waals surface area contributed by atoms with Gasteiger partial charge in [-0.3, -0.25) is 0 Å². The Kier molecular flexibility index (Phi) is 4.08. The van der Waals surface area contributed by atoms with E-state index < -0.39 is 0 Å². The van der Waals surface area contributed by atoms with Crippen molar-refractivity contribution in [2.75, 3.05) is 12.4 Å². The zero-order valence-corrected chi connectivity index (χ0v) is 14.4. The van der Waals surface area contributed by atoms with Crippen LogP contribution < -0.4 is 5.32 Å². The molecule has 3 aromatic rings. The number of hydrogen-bond acceptors (Lipinski definition) is 2. The van der Waals surface area contributed by atoms with Gasteiger partial charge in [-0.15, -0.1) is 0 Å². The minimum absolute atomic E-state index is 0.00397. The van der Waals surface area contributed by atoms with Crippen LogP contribution in [0.25, 0.3) is 21.7 Å². The highest BCUT2D eigenvalue weighted by Crippen LogP contribution is 2.39. The van der Waals surface area contributed by atoms with E-state index in [0.717, 1.165) is 17.8 Å². The normalized spacial score (nSPS) is 14.4. The Morgan fingerprint density at radius 2 is 1.83 bits per heavy atom. The minimum atomic E-state index is 0.00397. The van der Waals surface area contributed by atoms with E-state index in [4.69, 9.17) is 4.98 Å². The van der Waals surface area contributed by atoms with Gasteiger partial charge in [-0.2, -0.15) is 0 Å². The monoisotopic (exact) mass is 304 g/mol. The molecule has 23 heavy (non-hydrogen) atoms. The van der Waals surface area contributed by atoms with Gasteiger partial charge in [-0.05, 0) is 30.4 Å². The van der Waals surface area contributed by atoms with Crippen LogP contribution in [0, 0.1) is 0 Å². The van der Waals surface area contributed by atoms with E-state index in [9.17, 15) is 0 Å². The Labute approximate surface area is 138 Å². The molecular weight excluding hydrogens is 280 g/mol. The topological polar surface area (TPSA) is 24.9 Å². The number of benzene rings is 2. The minimum Gasteiger partial charge on any atom is -0.373 e. The summed E-state index contributed by atoms with van der Waals surface area (Å²) in [5.41, 5.74) is 2.37. The summed E-state index contributed by atoms with van der Waals surface area (Å²) in [5, 5.41) is 7.01. The van der Waals surface area contributed by atoms with Crippen LogP contribution in [0.4, 0.5) is 5.82 Å². The molecule has 0 aliphatic carbocycles. The number of fused-ring (bicyclic) bond motifs is 3. The predicted molar refractivity (Wildman–Crippen MR) is 101 cm³/mol. The first-order valence-electron chi connectivity index (χ1n) is 8.28. The molecule has 1 atom stereocenters. The van der Waals surface area contributed by atoms with Gasteiger partial charge in [0, 0.05) is 23.2 Å². The van der Waals surface area contributed by atoms with E-state index in [1.807, 2.05) is 13.1 Å². The predicted octanol–water partition coefficient (Wildman–Crippen LogP) is 5.67. The second kappa shape index (κ2) is 6.04. The van der Waals surface area contributed by atoms with E-state index in [2.05, 4.69) is 74.6 Å². The Morgan fingerprint density at radius 3 is 2.52 bits per heavy atom. The molecule has 1 aromatic heterocycles. The molecule has 1 N–H and O–H groups in total. The van der Waals surface area contributed by atoms with E-state index in [0.29, 0.717) is 0 Å². The Bertz CT molecular complexity index is 880. The molecule has 3 rings (SSSR count). The van der Waals surface area contributed by atoms with Gasteiger partial charge in [-0.25, -0.2) is 4.98 Å². The maximum Gasteiger partial charge on any atom is 0.134 e. The fraction of sp³-hybridized carbons (Fsp3) is 0.286. The highest BCUT2D eigenvalue weighted by molar-refractivity contribution is 6.11. The van der Waals surface area contributed by atoms with Crippen molar-refractivity contribution in [1.29, 1.82) is 0 Å². The molecule has 1 unspecified atom stereocenters. The van der Waals surface area contributed by atoms with E-state index in [-0.39, 0.29) is 5.41 Å². The molecule has 0 fully saturated rings. The van der Waals surface area contributed by atoms with Gasteiger partial charge in [0.25, 0.3) is 0 Å². The number of anilines is 1. The SMILES string of the molecule is C/C=C\C(C)(CC)c1cccc2c1c(NC)nc1ccccc12. The molecule has 118 valence electrons. The lowest BCUT2D eigenvalue weighted by Crippen LogP contribution is -2.18. The van der Waals surface area contributed by atoms with E-state index >= 15 is 0 Å². The van der Waals surface area contributed by atoms with Gasteiger partial charge in [-0.1, -0.05) is 62.4 Å². The molecule has 0 aliphatic rings. The second-order valence-corrected chi connectivity index (χ2v) is 6.23. The summed E-state index contributed by atoms with van der Waals surface area (Å²) in [4.78, 5) is 4.86. The first-order chi connectivity index (χ1) is 11.1. The molecule has 2 nitrogen and oxygen atoms in total. The van der Waals surface area contributed by atoms with Crippen LogP contribution in [0.3, 0.4) is 0 Å². The molecule has 0 saturated heterocycles. The molecule has 0 amide bonds. The van der Waals surface area contributed by atoms with Gasteiger partial charge in [0.1, 0.15) is 5.82 Å². The summed E-state index contributed by atoms with van der Waals surface area (Å²) in [6.45, 7) is 6.63. The molecule has 0 spiro atoms. The fourth-order valence-corrected chi connectivity index (χ4v) is 3.43. The molecule has 0 aliphatic heterocycles. The molecule has 2 heteroatoms. The van der Waals surface area contributed by atoms with Crippen LogP contribution in [-0.4, -0.2) is 12.0 Å². The number of nitrogens with one attached hydrogen (secondary N) is 1. The summed E-state index contributed by atoms with van der Waals surface area (Å²) in [5.74, 6) is 0.957. The average molecular weight is 304 g/mol. The smallest absolute Gasteiger partial charge is 0.134 e. The Balaban J connectivity index is 2.48. The highest BCUT2D eigenvalue weighted by Gasteiger charge is 2.25. The summed E-state index contributed by atoms with van der Waals surface area (Å²) >= 11 is 0. The lowest BCUT2D eigenvalue weighted by atomic mass is 9.77. The van der Waals surface area contributed by atoms with Gasteiger partial charge < -0.3 is 5.32 Å². The number of pyridine rings is 1. The lowest BCUT2D eigenvalue weighted by Gasteiger charge is -2.27. The van der Waals surface area contributed by atoms with Crippen LogP contribution in [-0.2, 0) is 5.41 Å². The number of nitrogens with zero attached hydrogens (tertiary/aromatic N) is 1. The van der Waals surface area contributed by atoms with Crippen LogP contribution in [0.2, 0.25) is 0 Å². The average Bonchev–Trinajstić information content (AvgIpc) is 2.60.